The molecule has 1 heterocycles. The van der Waals surface area contributed by atoms with E-state index >= 15 is 0 Å². The molecule has 3 aromatic rings. The number of hydrogen-bond donors (Lipinski definition) is 2. The van der Waals surface area contributed by atoms with E-state index < -0.39 is 0 Å². The van der Waals surface area contributed by atoms with Gasteiger partial charge in [-0.1, -0.05) is 70.9 Å². The number of amides is 1. The number of nitrogens with two attached hydrogens (primary N) is 1. The number of carbonyl (C=O) groups excluding carboxylic acids is 1. The molecule has 0 aliphatic heterocycles. The molecule has 0 unspecified atom stereocenters. The Morgan fingerprint density at radius 1 is 1.21 bits per heavy atom. The lowest BCUT2D eigenvalue weighted by atomic mass is 10.1. The predicted octanol–water partition coefficient (Wildman–Crippen LogP) is 4.24. The first-order valence-corrected chi connectivity index (χ1v) is 10.2. The SMILES string of the molecule is Cc1ccc(-c2nnc(SCC(=O)N[C@H](C)c3ccc(Cl)cc3Cl)n2N)cc1. The first-order valence-electron chi connectivity index (χ1n) is 8.50. The fourth-order valence-electron chi connectivity index (χ4n) is 2.62. The second kappa shape index (κ2) is 8.86. The van der Waals surface area contributed by atoms with Gasteiger partial charge in [0.15, 0.2) is 5.82 Å². The van der Waals surface area contributed by atoms with Gasteiger partial charge in [0.2, 0.25) is 11.1 Å². The summed E-state index contributed by atoms with van der Waals surface area (Å²) in [6, 6.07) is 12.8. The van der Waals surface area contributed by atoms with E-state index in [4.69, 9.17) is 29.0 Å². The van der Waals surface area contributed by atoms with Gasteiger partial charge in [-0.3, -0.25) is 4.79 Å². The van der Waals surface area contributed by atoms with Crippen LogP contribution in [0, 0.1) is 6.92 Å². The van der Waals surface area contributed by atoms with Crippen molar-refractivity contribution in [3.63, 3.8) is 0 Å². The third-order valence-corrected chi connectivity index (χ3v) is 5.62. The first-order chi connectivity index (χ1) is 13.3. The third kappa shape index (κ3) is 4.79. The molecule has 0 saturated heterocycles. The smallest absolute Gasteiger partial charge is 0.230 e. The monoisotopic (exact) mass is 435 g/mol. The molecule has 0 radical (unpaired) electrons. The molecular formula is C19H19Cl2N5OS. The third-order valence-electron chi connectivity index (χ3n) is 4.11. The van der Waals surface area contributed by atoms with Crippen LogP contribution in [0.5, 0.6) is 0 Å². The van der Waals surface area contributed by atoms with Gasteiger partial charge in [-0.05, 0) is 31.5 Å². The first kappa shape index (κ1) is 20.5. The summed E-state index contributed by atoms with van der Waals surface area (Å²) in [7, 11) is 0. The van der Waals surface area contributed by atoms with Crippen LogP contribution in [0.4, 0.5) is 0 Å². The van der Waals surface area contributed by atoms with Crippen molar-refractivity contribution in [1.82, 2.24) is 20.2 Å². The zero-order chi connectivity index (χ0) is 20.3. The molecular weight excluding hydrogens is 417 g/mol. The van der Waals surface area contributed by atoms with E-state index in [0.717, 1.165) is 16.7 Å². The molecule has 0 aliphatic carbocycles. The van der Waals surface area contributed by atoms with Gasteiger partial charge in [-0.2, -0.15) is 0 Å². The van der Waals surface area contributed by atoms with Gasteiger partial charge < -0.3 is 11.2 Å². The number of nitrogens with zero attached hydrogens (tertiary/aromatic N) is 3. The zero-order valence-corrected chi connectivity index (χ0v) is 17.6. The number of aryl methyl sites for hydroxylation is 1. The molecule has 3 rings (SSSR count). The van der Waals surface area contributed by atoms with Gasteiger partial charge >= 0.3 is 0 Å². The summed E-state index contributed by atoms with van der Waals surface area (Å²) in [6.45, 7) is 3.87. The molecule has 0 saturated carbocycles. The Bertz CT molecular complexity index is 990. The topological polar surface area (TPSA) is 85.8 Å². The number of halogens is 2. The van der Waals surface area contributed by atoms with E-state index in [2.05, 4.69) is 15.5 Å². The van der Waals surface area contributed by atoms with Crippen LogP contribution in [-0.2, 0) is 4.79 Å². The van der Waals surface area contributed by atoms with Crippen LogP contribution in [0.1, 0.15) is 24.1 Å². The number of nitrogens with one attached hydrogen (secondary N) is 1. The van der Waals surface area contributed by atoms with Crippen molar-refractivity contribution < 1.29 is 4.79 Å². The summed E-state index contributed by atoms with van der Waals surface area (Å²) in [5.74, 6) is 6.63. The second-order valence-corrected chi connectivity index (χ2v) is 8.07. The molecule has 0 spiro atoms. The van der Waals surface area contributed by atoms with Gasteiger partial charge in [0.1, 0.15) is 0 Å². The Morgan fingerprint density at radius 3 is 2.61 bits per heavy atom. The van der Waals surface area contributed by atoms with Gasteiger partial charge in [0, 0.05) is 15.6 Å². The number of thioether (sulfide) groups is 1. The van der Waals surface area contributed by atoms with Gasteiger partial charge in [-0.25, -0.2) is 4.68 Å². The zero-order valence-electron chi connectivity index (χ0n) is 15.3. The number of benzene rings is 2. The maximum atomic E-state index is 12.3. The predicted molar refractivity (Wildman–Crippen MR) is 114 cm³/mol. The van der Waals surface area contributed by atoms with E-state index in [1.807, 2.05) is 38.1 Å². The molecule has 3 N–H and O–H groups in total. The highest BCUT2D eigenvalue weighted by atomic mass is 35.5. The molecule has 0 aliphatic rings. The van der Waals surface area contributed by atoms with Gasteiger partial charge in [0.05, 0.1) is 11.8 Å². The quantitative estimate of drug-likeness (QED) is 0.446. The Morgan fingerprint density at radius 2 is 1.93 bits per heavy atom. The molecule has 1 atom stereocenters. The average Bonchev–Trinajstić information content (AvgIpc) is 3.01. The highest BCUT2D eigenvalue weighted by Gasteiger charge is 2.16. The molecule has 1 amide bonds. The molecule has 0 fully saturated rings. The van der Waals surface area contributed by atoms with Crippen LogP contribution < -0.4 is 11.2 Å². The molecule has 2 aromatic carbocycles. The van der Waals surface area contributed by atoms with E-state index in [0.29, 0.717) is 21.0 Å². The fraction of sp³-hybridized carbons (Fsp3) is 0.211. The lowest BCUT2D eigenvalue weighted by Gasteiger charge is -2.15. The van der Waals surface area contributed by atoms with Crippen molar-refractivity contribution in [2.24, 2.45) is 0 Å². The Labute approximate surface area is 177 Å². The van der Waals surface area contributed by atoms with Crippen LogP contribution in [-0.4, -0.2) is 26.5 Å². The summed E-state index contributed by atoms with van der Waals surface area (Å²) in [4.78, 5) is 12.3. The van der Waals surface area contributed by atoms with Crippen LogP contribution in [0.15, 0.2) is 47.6 Å². The average molecular weight is 436 g/mol. The minimum Gasteiger partial charge on any atom is -0.349 e. The maximum Gasteiger partial charge on any atom is 0.230 e. The molecule has 0 bridgehead atoms. The number of rotatable bonds is 6. The van der Waals surface area contributed by atoms with Crippen LogP contribution in [0.2, 0.25) is 10.0 Å². The number of carbonyl (C=O) groups is 1. The van der Waals surface area contributed by atoms with E-state index in [1.165, 1.54) is 16.4 Å². The highest BCUT2D eigenvalue weighted by Crippen LogP contribution is 2.26. The van der Waals surface area contributed by atoms with Crippen molar-refractivity contribution in [2.75, 3.05) is 11.6 Å². The Balaban J connectivity index is 1.61. The van der Waals surface area contributed by atoms with Crippen molar-refractivity contribution >= 4 is 40.9 Å². The standard InChI is InChI=1S/C19H19Cl2N5OS/c1-11-3-5-13(6-4-11)18-24-25-19(26(18)22)28-10-17(27)23-12(2)15-8-7-14(20)9-16(15)21/h3-9,12H,10,22H2,1-2H3,(H,23,27)/t12-/m1/s1. The summed E-state index contributed by atoms with van der Waals surface area (Å²) < 4.78 is 1.39. The molecule has 9 heteroatoms. The second-order valence-electron chi connectivity index (χ2n) is 6.29. The number of nitrogen functional groups attached to an aromatic ring is 1. The van der Waals surface area contributed by atoms with E-state index in [9.17, 15) is 4.79 Å². The van der Waals surface area contributed by atoms with Crippen LogP contribution >= 0.6 is 35.0 Å². The minimum absolute atomic E-state index is 0.152. The molecule has 146 valence electrons. The Kier molecular flexibility index (Phi) is 6.49. The van der Waals surface area contributed by atoms with Crippen molar-refractivity contribution in [2.45, 2.75) is 25.0 Å². The van der Waals surface area contributed by atoms with Crippen molar-refractivity contribution in [3.8, 4) is 11.4 Å². The maximum absolute atomic E-state index is 12.3. The largest absolute Gasteiger partial charge is 0.349 e. The lowest BCUT2D eigenvalue weighted by molar-refractivity contribution is -0.119. The van der Waals surface area contributed by atoms with E-state index in [-0.39, 0.29) is 17.7 Å². The Hall–Kier alpha value is -2.22. The number of hydrogen-bond acceptors (Lipinski definition) is 5. The highest BCUT2D eigenvalue weighted by molar-refractivity contribution is 7.99. The normalized spacial score (nSPS) is 12.0. The fourth-order valence-corrected chi connectivity index (χ4v) is 3.86. The molecule has 6 nitrogen and oxygen atoms in total. The molecule has 28 heavy (non-hydrogen) atoms. The molecule has 1 aromatic heterocycles. The number of aromatic nitrogens is 3. The van der Waals surface area contributed by atoms with Crippen molar-refractivity contribution in [1.29, 1.82) is 0 Å². The summed E-state index contributed by atoms with van der Waals surface area (Å²) in [5.41, 5.74) is 2.81. The van der Waals surface area contributed by atoms with E-state index in [1.54, 1.807) is 18.2 Å². The minimum atomic E-state index is -0.253. The van der Waals surface area contributed by atoms with Gasteiger partial charge in [-0.15, -0.1) is 10.2 Å². The summed E-state index contributed by atoms with van der Waals surface area (Å²) >= 11 is 13.3. The lowest BCUT2D eigenvalue weighted by Crippen LogP contribution is -2.28. The van der Waals surface area contributed by atoms with Crippen molar-refractivity contribution in [3.05, 3.63) is 63.6 Å². The van der Waals surface area contributed by atoms with Gasteiger partial charge in [0.25, 0.3) is 0 Å². The van der Waals surface area contributed by atoms with Crippen LogP contribution in [0.25, 0.3) is 11.4 Å². The summed E-state index contributed by atoms with van der Waals surface area (Å²) in [5, 5.41) is 12.6. The van der Waals surface area contributed by atoms with Crippen LogP contribution in [0.3, 0.4) is 0 Å². The summed E-state index contributed by atoms with van der Waals surface area (Å²) in [6.07, 6.45) is 0.